The van der Waals surface area contributed by atoms with E-state index in [2.05, 4.69) is 12.2 Å². The molecule has 2 aromatic carbocycles. The maximum absolute atomic E-state index is 13.4. The number of esters is 1. The van der Waals surface area contributed by atoms with Gasteiger partial charge >= 0.3 is 5.97 Å². The third-order valence-corrected chi connectivity index (χ3v) is 6.19. The molecule has 172 valence electrons. The van der Waals surface area contributed by atoms with Gasteiger partial charge in [-0.05, 0) is 37.8 Å². The van der Waals surface area contributed by atoms with Crippen LogP contribution in [-0.4, -0.2) is 18.4 Å². The molecule has 4 rings (SSSR count). The molecule has 0 saturated heterocycles. The average Bonchev–Trinajstić information content (AvgIpc) is 2.83. The number of ether oxygens (including phenoxy) is 2. The minimum Gasteiger partial charge on any atom is -0.493 e. The average molecular weight is 446 g/mol. The van der Waals surface area contributed by atoms with Gasteiger partial charge in [-0.15, -0.1) is 0 Å². The molecule has 0 fully saturated rings. The van der Waals surface area contributed by atoms with Crippen molar-refractivity contribution in [2.45, 2.75) is 58.5 Å². The summed E-state index contributed by atoms with van der Waals surface area (Å²) in [6, 6.07) is 17.3. The van der Waals surface area contributed by atoms with Crippen molar-refractivity contribution in [1.82, 2.24) is 5.32 Å². The molecule has 1 atom stereocenters. The van der Waals surface area contributed by atoms with Crippen molar-refractivity contribution in [3.8, 4) is 5.75 Å². The van der Waals surface area contributed by atoms with Crippen LogP contribution in [0.25, 0.3) is 0 Å². The van der Waals surface area contributed by atoms with Crippen molar-refractivity contribution in [1.29, 1.82) is 0 Å². The number of ketones is 1. The maximum atomic E-state index is 13.4. The van der Waals surface area contributed by atoms with E-state index in [1.165, 1.54) is 0 Å². The molecule has 0 aromatic heterocycles. The second kappa shape index (κ2) is 10.5. The highest BCUT2D eigenvalue weighted by Crippen LogP contribution is 2.45. The Morgan fingerprint density at radius 1 is 1.06 bits per heavy atom. The topological polar surface area (TPSA) is 64.6 Å². The number of hydrogen-bond acceptors (Lipinski definition) is 5. The number of Topliss-reactive ketones (excluding diaryl/α,β-unsaturated/α-hetero) is 1. The minimum atomic E-state index is -0.504. The smallest absolute Gasteiger partial charge is 0.337 e. The Hall–Kier alpha value is -3.34. The molecular formula is C28H31NO4. The lowest BCUT2D eigenvalue weighted by molar-refractivity contribution is -0.140. The summed E-state index contributed by atoms with van der Waals surface area (Å²) in [6.45, 7) is 4.77. The Balaban J connectivity index is 1.72. The van der Waals surface area contributed by atoms with Gasteiger partial charge in [-0.1, -0.05) is 61.9 Å². The third-order valence-electron chi connectivity index (χ3n) is 6.19. The van der Waals surface area contributed by atoms with Gasteiger partial charge in [0.2, 0.25) is 0 Å². The number of rotatable bonds is 8. The molecule has 0 amide bonds. The van der Waals surface area contributed by atoms with E-state index in [1.807, 2.05) is 61.5 Å². The molecule has 0 unspecified atom stereocenters. The highest BCUT2D eigenvalue weighted by molar-refractivity contribution is 6.04. The lowest BCUT2D eigenvalue weighted by atomic mass is 9.75. The van der Waals surface area contributed by atoms with Gasteiger partial charge in [-0.3, -0.25) is 4.79 Å². The van der Waals surface area contributed by atoms with E-state index in [0.29, 0.717) is 29.9 Å². The van der Waals surface area contributed by atoms with Crippen LogP contribution in [0, 0.1) is 0 Å². The summed E-state index contributed by atoms with van der Waals surface area (Å²) in [4.78, 5) is 26.5. The second-order valence-electron chi connectivity index (χ2n) is 8.57. The van der Waals surface area contributed by atoms with Gasteiger partial charge < -0.3 is 14.8 Å². The van der Waals surface area contributed by atoms with Crippen LogP contribution in [0.15, 0.2) is 77.1 Å². The van der Waals surface area contributed by atoms with Crippen LogP contribution in [0.4, 0.5) is 0 Å². The lowest BCUT2D eigenvalue weighted by Crippen LogP contribution is -2.34. The van der Waals surface area contributed by atoms with Crippen molar-refractivity contribution in [3.05, 3.63) is 88.3 Å². The highest BCUT2D eigenvalue weighted by atomic mass is 16.5. The van der Waals surface area contributed by atoms with E-state index in [9.17, 15) is 9.59 Å². The Morgan fingerprint density at radius 2 is 1.82 bits per heavy atom. The number of hydrogen-bond donors (Lipinski definition) is 1. The number of dihydropyridines is 1. The molecular weight excluding hydrogens is 414 g/mol. The molecule has 5 nitrogen and oxygen atoms in total. The molecule has 0 bridgehead atoms. The molecule has 2 aromatic rings. The first-order valence-corrected chi connectivity index (χ1v) is 11.8. The number of unbranched alkanes of at least 4 members (excludes halogenated alkanes) is 1. The summed E-state index contributed by atoms with van der Waals surface area (Å²) in [5.74, 6) is -0.125. The monoisotopic (exact) mass is 445 g/mol. The predicted octanol–water partition coefficient (Wildman–Crippen LogP) is 5.58. The van der Waals surface area contributed by atoms with Crippen LogP contribution < -0.4 is 10.1 Å². The molecule has 1 N–H and O–H groups in total. The zero-order valence-electron chi connectivity index (χ0n) is 19.4. The Kier molecular flexibility index (Phi) is 7.28. The van der Waals surface area contributed by atoms with Crippen LogP contribution in [-0.2, 0) is 20.9 Å². The molecule has 1 aliphatic heterocycles. The first-order chi connectivity index (χ1) is 16.1. The van der Waals surface area contributed by atoms with Crippen LogP contribution in [0.1, 0.15) is 63.0 Å². The van der Waals surface area contributed by atoms with Gasteiger partial charge in [0, 0.05) is 29.0 Å². The van der Waals surface area contributed by atoms with Gasteiger partial charge in [0.1, 0.15) is 12.4 Å². The van der Waals surface area contributed by atoms with E-state index >= 15 is 0 Å². The van der Waals surface area contributed by atoms with Gasteiger partial charge in [0.15, 0.2) is 5.78 Å². The number of benzene rings is 2. The zero-order chi connectivity index (χ0) is 23.2. The normalized spacial score (nSPS) is 18.0. The number of para-hydroxylation sites is 1. The summed E-state index contributed by atoms with van der Waals surface area (Å²) in [7, 11) is 0. The number of carbonyl (C=O) groups excluding carboxylic acids is 2. The first-order valence-electron chi connectivity index (χ1n) is 11.8. The van der Waals surface area contributed by atoms with E-state index < -0.39 is 11.9 Å². The fourth-order valence-electron chi connectivity index (χ4n) is 4.54. The Morgan fingerprint density at radius 3 is 2.61 bits per heavy atom. The van der Waals surface area contributed by atoms with Gasteiger partial charge in [-0.25, -0.2) is 4.79 Å². The summed E-state index contributed by atoms with van der Waals surface area (Å²) < 4.78 is 11.8. The molecule has 0 radical (unpaired) electrons. The van der Waals surface area contributed by atoms with Gasteiger partial charge in [-0.2, -0.15) is 0 Å². The van der Waals surface area contributed by atoms with E-state index in [4.69, 9.17) is 9.47 Å². The maximum Gasteiger partial charge on any atom is 0.337 e. The van der Waals surface area contributed by atoms with Crippen LogP contribution in [0.3, 0.4) is 0 Å². The van der Waals surface area contributed by atoms with Gasteiger partial charge in [0.25, 0.3) is 0 Å². The molecule has 1 aliphatic carbocycles. The first kappa shape index (κ1) is 22.8. The van der Waals surface area contributed by atoms with E-state index in [-0.39, 0.29) is 12.4 Å². The van der Waals surface area contributed by atoms with Crippen molar-refractivity contribution < 1.29 is 19.1 Å². The molecule has 2 aliphatic rings. The van der Waals surface area contributed by atoms with Gasteiger partial charge in [0.05, 0.1) is 18.1 Å². The molecule has 0 saturated carbocycles. The predicted molar refractivity (Wildman–Crippen MR) is 128 cm³/mol. The number of carbonyl (C=O) groups is 2. The van der Waals surface area contributed by atoms with Crippen LogP contribution in [0.2, 0.25) is 0 Å². The molecule has 5 heteroatoms. The quantitative estimate of drug-likeness (QED) is 0.425. The van der Waals surface area contributed by atoms with Crippen molar-refractivity contribution in [3.63, 3.8) is 0 Å². The zero-order valence-corrected chi connectivity index (χ0v) is 19.4. The Bertz CT molecular complexity index is 1080. The molecule has 1 heterocycles. The fraction of sp³-hybridized carbons (Fsp3) is 0.357. The van der Waals surface area contributed by atoms with E-state index in [0.717, 1.165) is 48.2 Å². The van der Waals surface area contributed by atoms with Crippen molar-refractivity contribution in [2.24, 2.45) is 0 Å². The molecule has 0 spiro atoms. The van der Waals surface area contributed by atoms with E-state index in [1.54, 1.807) is 0 Å². The summed E-state index contributed by atoms with van der Waals surface area (Å²) in [5.41, 5.74) is 4.55. The Labute approximate surface area is 195 Å². The second-order valence-corrected chi connectivity index (χ2v) is 8.57. The standard InChI is InChI=1S/C28H31NO4/c1-3-4-17-32-24-16-9-8-13-21(24)26-25(28(31)33-18-20-11-6-5-7-12-20)19(2)29-22-14-10-15-23(30)27(22)26/h5-9,11-13,16,26,29H,3-4,10,14-15,17-18H2,1-2H3/t26-/m0/s1. The van der Waals surface area contributed by atoms with Crippen molar-refractivity contribution in [2.75, 3.05) is 6.61 Å². The number of nitrogens with one attached hydrogen (secondary N) is 1. The summed E-state index contributed by atoms with van der Waals surface area (Å²) >= 11 is 0. The summed E-state index contributed by atoms with van der Waals surface area (Å²) in [6.07, 6.45) is 4.06. The lowest BCUT2D eigenvalue weighted by Gasteiger charge is -2.34. The van der Waals surface area contributed by atoms with Crippen LogP contribution in [0.5, 0.6) is 5.75 Å². The van der Waals surface area contributed by atoms with Crippen LogP contribution >= 0.6 is 0 Å². The fourth-order valence-corrected chi connectivity index (χ4v) is 4.54. The molecule has 33 heavy (non-hydrogen) atoms. The number of allylic oxidation sites excluding steroid dienone is 3. The SMILES string of the molecule is CCCCOc1ccccc1[C@H]1C(C(=O)OCc2ccccc2)=C(C)NC2=C1C(=O)CCC2. The largest absolute Gasteiger partial charge is 0.493 e. The van der Waals surface area contributed by atoms with Crippen molar-refractivity contribution >= 4 is 11.8 Å². The third kappa shape index (κ3) is 5.03. The highest BCUT2D eigenvalue weighted by Gasteiger charge is 2.40. The summed E-state index contributed by atoms with van der Waals surface area (Å²) in [5, 5.41) is 3.35. The minimum absolute atomic E-state index is 0.0815.